The summed E-state index contributed by atoms with van der Waals surface area (Å²) >= 11 is 4.87. The SMILES string of the molecule is Cc1ccc([S-])cc1.[Os+]. The summed E-state index contributed by atoms with van der Waals surface area (Å²) in [6, 6.07) is 7.90. The number of hydrogen-bond donors (Lipinski definition) is 0. The second-order valence-corrected chi connectivity index (χ2v) is 2.28. The molecule has 0 aliphatic rings. The summed E-state index contributed by atoms with van der Waals surface area (Å²) < 4.78 is 0. The Bertz CT molecular complexity index is 148. The number of aryl methyl sites for hydroxylation is 1. The van der Waals surface area contributed by atoms with Crippen LogP contribution >= 0.6 is 0 Å². The molecule has 0 spiro atoms. The Hall–Kier alpha value is 0.0764. The third-order valence-electron chi connectivity index (χ3n) is 1.02. The van der Waals surface area contributed by atoms with Crippen molar-refractivity contribution >= 4 is 12.6 Å². The maximum absolute atomic E-state index is 4.87. The van der Waals surface area contributed by atoms with E-state index in [1.807, 2.05) is 24.3 Å². The van der Waals surface area contributed by atoms with Gasteiger partial charge in [0.1, 0.15) is 0 Å². The molecule has 2 heteroatoms. The van der Waals surface area contributed by atoms with Crippen LogP contribution in [0.2, 0.25) is 0 Å². The van der Waals surface area contributed by atoms with E-state index in [1.54, 1.807) is 0 Å². The largest absolute Gasteiger partial charge is 1.00 e. The topological polar surface area (TPSA) is 0 Å². The molecule has 0 saturated carbocycles. The van der Waals surface area contributed by atoms with Crippen LogP contribution in [0.1, 0.15) is 5.56 Å². The van der Waals surface area contributed by atoms with Crippen molar-refractivity contribution in [2.75, 3.05) is 0 Å². The van der Waals surface area contributed by atoms with Crippen LogP contribution < -0.4 is 0 Å². The fourth-order valence-corrected chi connectivity index (χ4v) is 0.674. The van der Waals surface area contributed by atoms with Gasteiger partial charge >= 0.3 is 19.8 Å². The molecule has 1 rings (SSSR count). The molecule has 0 atom stereocenters. The van der Waals surface area contributed by atoms with Crippen LogP contribution in [-0.4, -0.2) is 0 Å². The van der Waals surface area contributed by atoms with Crippen LogP contribution in [0.4, 0.5) is 0 Å². The van der Waals surface area contributed by atoms with Crippen LogP contribution in [0.5, 0.6) is 0 Å². The molecular formula is C7H7OsS. The van der Waals surface area contributed by atoms with Gasteiger partial charge in [-0.2, -0.15) is 4.90 Å². The van der Waals surface area contributed by atoms with Crippen molar-refractivity contribution in [2.24, 2.45) is 0 Å². The molecule has 0 aromatic heterocycles. The van der Waals surface area contributed by atoms with Crippen molar-refractivity contribution in [3.63, 3.8) is 0 Å². The molecule has 9 heavy (non-hydrogen) atoms. The molecule has 49 valence electrons. The van der Waals surface area contributed by atoms with Crippen LogP contribution in [-0.2, 0) is 32.4 Å². The number of benzene rings is 1. The molecule has 0 fully saturated rings. The number of hydrogen-bond acceptors (Lipinski definition) is 1. The van der Waals surface area contributed by atoms with Crippen molar-refractivity contribution in [3.05, 3.63) is 29.8 Å². The molecule has 0 aliphatic carbocycles. The molecule has 0 aliphatic heterocycles. The minimum absolute atomic E-state index is 0. The summed E-state index contributed by atoms with van der Waals surface area (Å²) in [7, 11) is 0. The monoisotopic (exact) mass is 315 g/mol. The minimum atomic E-state index is 0. The zero-order chi connectivity index (χ0) is 5.98. The van der Waals surface area contributed by atoms with Crippen molar-refractivity contribution in [2.45, 2.75) is 11.8 Å². The fourth-order valence-electron chi connectivity index (χ4n) is 0.538. The van der Waals surface area contributed by atoms with E-state index in [2.05, 4.69) is 6.92 Å². The average molecular weight is 313 g/mol. The first-order chi connectivity index (χ1) is 3.79. The second kappa shape index (κ2) is 3.98. The Labute approximate surface area is 74.1 Å². The molecule has 0 unspecified atom stereocenters. The summed E-state index contributed by atoms with van der Waals surface area (Å²) in [5, 5.41) is 0. The van der Waals surface area contributed by atoms with Gasteiger partial charge in [-0.3, -0.25) is 0 Å². The Morgan fingerprint density at radius 2 is 1.56 bits per heavy atom. The second-order valence-electron chi connectivity index (χ2n) is 1.81. The van der Waals surface area contributed by atoms with Crippen molar-refractivity contribution in [3.8, 4) is 0 Å². The van der Waals surface area contributed by atoms with E-state index in [0.29, 0.717) is 0 Å². The van der Waals surface area contributed by atoms with Gasteiger partial charge in [0.25, 0.3) is 0 Å². The molecule has 0 heterocycles. The van der Waals surface area contributed by atoms with E-state index in [-0.39, 0.29) is 19.8 Å². The maximum Gasteiger partial charge on any atom is 1.00 e. The zero-order valence-electron chi connectivity index (χ0n) is 5.07. The van der Waals surface area contributed by atoms with E-state index in [9.17, 15) is 0 Å². The first-order valence-corrected chi connectivity index (χ1v) is 2.93. The van der Waals surface area contributed by atoms with Crippen LogP contribution in [0.15, 0.2) is 29.2 Å². The standard InChI is InChI=1S/C7H8S.Os/c1-6-2-4-7(8)5-3-6;/h2-5,8H,1H3;/q;+1/p-1. The van der Waals surface area contributed by atoms with Crippen LogP contribution in [0, 0.1) is 6.92 Å². The van der Waals surface area contributed by atoms with Gasteiger partial charge in [0.2, 0.25) is 0 Å². The van der Waals surface area contributed by atoms with Gasteiger partial charge in [-0.05, 0) is 6.92 Å². The van der Waals surface area contributed by atoms with Crippen molar-refractivity contribution < 1.29 is 19.8 Å². The van der Waals surface area contributed by atoms with Crippen LogP contribution in [0.3, 0.4) is 0 Å². The van der Waals surface area contributed by atoms with Crippen LogP contribution in [0.25, 0.3) is 0 Å². The molecule has 1 radical (unpaired) electrons. The predicted molar refractivity (Wildman–Crippen MR) is 36.8 cm³/mol. The van der Waals surface area contributed by atoms with Gasteiger partial charge in [0.15, 0.2) is 0 Å². The molecule has 0 N–H and O–H groups in total. The first kappa shape index (κ1) is 9.08. The quantitative estimate of drug-likeness (QED) is 0.659. The molecule has 0 amide bonds. The third-order valence-corrected chi connectivity index (χ3v) is 1.29. The molecular weight excluding hydrogens is 306 g/mol. The minimum Gasteiger partial charge on any atom is -0.780 e. The smallest absolute Gasteiger partial charge is 0.780 e. The summed E-state index contributed by atoms with van der Waals surface area (Å²) in [4.78, 5) is 0.913. The van der Waals surface area contributed by atoms with E-state index in [1.165, 1.54) is 5.56 Å². The average Bonchev–Trinajstić information content (AvgIpc) is 1.77. The first-order valence-electron chi connectivity index (χ1n) is 2.53. The van der Waals surface area contributed by atoms with E-state index in [4.69, 9.17) is 12.6 Å². The summed E-state index contributed by atoms with van der Waals surface area (Å²) in [6.07, 6.45) is 0. The fraction of sp³-hybridized carbons (Fsp3) is 0.143. The van der Waals surface area contributed by atoms with Gasteiger partial charge in [-0.15, -0.1) is 0 Å². The molecule has 1 aromatic rings. The summed E-state index contributed by atoms with van der Waals surface area (Å²) in [5.41, 5.74) is 1.26. The third kappa shape index (κ3) is 2.94. The molecule has 0 saturated heterocycles. The zero-order valence-corrected chi connectivity index (χ0v) is 8.43. The predicted octanol–water partition coefficient (Wildman–Crippen LogP) is 1.90. The summed E-state index contributed by atoms with van der Waals surface area (Å²) in [5.74, 6) is 0. The van der Waals surface area contributed by atoms with Gasteiger partial charge in [-0.1, -0.05) is 29.8 Å². The van der Waals surface area contributed by atoms with Crippen molar-refractivity contribution in [1.82, 2.24) is 0 Å². The van der Waals surface area contributed by atoms with Crippen molar-refractivity contribution in [1.29, 1.82) is 0 Å². The normalized spacial score (nSPS) is 8.11. The van der Waals surface area contributed by atoms with Gasteiger partial charge < -0.3 is 12.6 Å². The Kier molecular flexibility index (Phi) is 4.02. The Balaban J connectivity index is 0.000000640. The summed E-state index contributed by atoms with van der Waals surface area (Å²) in [6.45, 7) is 2.05. The number of rotatable bonds is 0. The van der Waals surface area contributed by atoms with Gasteiger partial charge in [-0.25, -0.2) is 0 Å². The van der Waals surface area contributed by atoms with E-state index in [0.717, 1.165) is 4.90 Å². The molecule has 0 nitrogen and oxygen atoms in total. The van der Waals surface area contributed by atoms with Gasteiger partial charge in [0.05, 0.1) is 0 Å². The maximum atomic E-state index is 4.87. The molecule has 0 bridgehead atoms. The Morgan fingerprint density at radius 3 is 1.89 bits per heavy atom. The van der Waals surface area contributed by atoms with E-state index < -0.39 is 0 Å². The van der Waals surface area contributed by atoms with E-state index >= 15 is 0 Å². The Morgan fingerprint density at radius 1 is 1.11 bits per heavy atom. The molecule has 1 aromatic carbocycles. The van der Waals surface area contributed by atoms with Gasteiger partial charge in [0, 0.05) is 0 Å².